The lowest BCUT2D eigenvalue weighted by molar-refractivity contribution is 0.610. The highest BCUT2D eigenvalue weighted by molar-refractivity contribution is 6.30. The molecule has 1 atom stereocenters. The molecular weight excluding hydrogens is 218 g/mol. The van der Waals surface area contributed by atoms with E-state index in [1.807, 2.05) is 12.1 Å². The molecule has 0 amide bonds. The molecule has 0 aliphatic rings. The van der Waals surface area contributed by atoms with Gasteiger partial charge in [-0.15, -0.1) is 0 Å². The summed E-state index contributed by atoms with van der Waals surface area (Å²) in [7, 11) is 0. The molecule has 1 aromatic rings. The van der Waals surface area contributed by atoms with Crippen LogP contribution in [0.25, 0.3) is 0 Å². The molecule has 0 fully saturated rings. The number of hydrogen-bond donors (Lipinski definition) is 1. The van der Waals surface area contributed by atoms with Crippen molar-refractivity contribution in [2.75, 3.05) is 6.54 Å². The number of nitrogens with one attached hydrogen (secondary N) is 1. The quantitative estimate of drug-likeness (QED) is 0.751. The van der Waals surface area contributed by atoms with Gasteiger partial charge in [-0.1, -0.05) is 42.3 Å². The van der Waals surface area contributed by atoms with E-state index in [1.54, 1.807) is 0 Å². The molecule has 1 N–H and O–H groups in total. The van der Waals surface area contributed by atoms with E-state index in [9.17, 15) is 0 Å². The fourth-order valence-corrected chi connectivity index (χ4v) is 1.70. The third kappa shape index (κ3) is 4.38. The third-order valence-electron chi connectivity index (χ3n) is 2.34. The van der Waals surface area contributed by atoms with Gasteiger partial charge in [-0.25, -0.2) is 0 Å². The largest absolute Gasteiger partial charge is 0.307 e. The Hall–Kier alpha value is -0.790. The van der Waals surface area contributed by atoms with Crippen molar-refractivity contribution in [2.24, 2.45) is 0 Å². The Morgan fingerprint density at radius 3 is 2.44 bits per heavy atom. The number of hydrogen-bond acceptors (Lipinski definition) is 1. The molecule has 1 rings (SSSR count). The fourth-order valence-electron chi connectivity index (χ4n) is 1.58. The Labute approximate surface area is 104 Å². The van der Waals surface area contributed by atoms with Crippen LogP contribution >= 0.6 is 11.6 Å². The molecule has 88 valence electrons. The minimum atomic E-state index is 0.294. The van der Waals surface area contributed by atoms with Crippen molar-refractivity contribution >= 4 is 11.6 Å². The van der Waals surface area contributed by atoms with Crippen molar-refractivity contribution in [3.63, 3.8) is 0 Å². The molecule has 0 heterocycles. The number of benzene rings is 1. The summed E-state index contributed by atoms with van der Waals surface area (Å²) in [5, 5.41) is 4.30. The van der Waals surface area contributed by atoms with Crippen LogP contribution in [0.4, 0.5) is 0 Å². The molecule has 0 bridgehead atoms. The Kier molecular flexibility index (Phi) is 5.58. The van der Waals surface area contributed by atoms with Gasteiger partial charge in [-0.05, 0) is 44.5 Å². The molecule has 0 aromatic heterocycles. The molecule has 0 radical (unpaired) electrons. The van der Waals surface area contributed by atoms with Gasteiger partial charge in [-0.3, -0.25) is 0 Å². The topological polar surface area (TPSA) is 12.0 Å². The Morgan fingerprint density at radius 1 is 1.31 bits per heavy atom. The minimum Gasteiger partial charge on any atom is -0.307 e. The molecule has 0 saturated carbocycles. The summed E-state index contributed by atoms with van der Waals surface area (Å²) in [5.41, 5.74) is 2.59. The van der Waals surface area contributed by atoms with Crippen molar-refractivity contribution in [3.8, 4) is 0 Å². The second-order valence-corrected chi connectivity index (χ2v) is 4.66. The zero-order valence-electron chi connectivity index (χ0n) is 10.3. The molecule has 0 spiro atoms. The zero-order valence-corrected chi connectivity index (χ0v) is 11.0. The zero-order chi connectivity index (χ0) is 12.0. The number of allylic oxidation sites excluding steroid dienone is 1. The Morgan fingerprint density at radius 2 is 1.94 bits per heavy atom. The average Bonchev–Trinajstić information content (AvgIpc) is 2.25. The molecule has 2 heteroatoms. The summed E-state index contributed by atoms with van der Waals surface area (Å²) in [6.07, 6.45) is 3.39. The van der Waals surface area contributed by atoms with Crippen molar-refractivity contribution in [2.45, 2.75) is 33.2 Å². The van der Waals surface area contributed by atoms with Gasteiger partial charge in [0.15, 0.2) is 0 Å². The van der Waals surface area contributed by atoms with Crippen LogP contribution in [0, 0.1) is 0 Å². The van der Waals surface area contributed by atoms with Crippen molar-refractivity contribution in [3.05, 3.63) is 46.5 Å². The average molecular weight is 238 g/mol. The standard InChI is InChI=1S/C14H20ClN/c1-4-9-16-14(10-11(2)3)12-5-7-13(15)8-6-12/h5-8,10,14,16H,4,9H2,1-3H3. The van der Waals surface area contributed by atoms with Gasteiger partial charge in [0.2, 0.25) is 0 Å². The molecular formula is C14H20ClN. The molecule has 1 unspecified atom stereocenters. The van der Waals surface area contributed by atoms with E-state index in [0.29, 0.717) is 6.04 Å². The Balaban J connectivity index is 2.83. The van der Waals surface area contributed by atoms with Gasteiger partial charge in [0.25, 0.3) is 0 Å². The molecule has 1 nitrogen and oxygen atoms in total. The predicted octanol–water partition coefficient (Wildman–Crippen LogP) is 4.35. The van der Waals surface area contributed by atoms with E-state index >= 15 is 0 Å². The van der Waals surface area contributed by atoms with Crippen LogP contribution in [-0.2, 0) is 0 Å². The van der Waals surface area contributed by atoms with Gasteiger partial charge < -0.3 is 5.32 Å². The lowest BCUT2D eigenvalue weighted by atomic mass is 10.0. The normalized spacial score (nSPS) is 12.2. The SMILES string of the molecule is CCCNC(C=C(C)C)c1ccc(Cl)cc1. The maximum Gasteiger partial charge on any atom is 0.0508 e. The van der Waals surface area contributed by atoms with Gasteiger partial charge in [-0.2, -0.15) is 0 Å². The van der Waals surface area contributed by atoms with Crippen LogP contribution in [0.2, 0.25) is 5.02 Å². The molecule has 1 aromatic carbocycles. The van der Waals surface area contributed by atoms with Crippen molar-refractivity contribution < 1.29 is 0 Å². The number of rotatable bonds is 5. The second kappa shape index (κ2) is 6.72. The van der Waals surface area contributed by atoms with Crippen LogP contribution in [-0.4, -0.2) is 6.54 Å². The van der Waals surface area contributed by atoms with Gasteiger partial charge in [0, 0.05) is 5.02 Å². The van der Waals surface area contributed by atoms with Gasteiger partial charge >= 0.3 is 0 Å². The first kappa shape index (κ1) is 13.3. The lowest BCUT2D eigenvalue weighted by Crippen LogP contribution is -2.20. The number of halogens is 1. The highest BCUT2D eigenvalue weighted by Gasteiger charge is 2.06. The van der Waals surface area contributed by atoms with Crippen LogP contribution in [0.5, 0.6) is 0 Å². The maximum absolute atomic E-state index is 5.89. The summed E-state index contributed by atoms with van der Waals surface area (Å²) < 4.78 is 0. The first-order chi connectivity index (χ1) is 7.63. The summed E-state index contributed by atoms with van der Waals surface area (Å²) >= 11 is 5.89. The van der Waals surface area contributed by atoms with E-state index in [-0.39, 0.29) is 0 Å². The predicted molar refractivity (Wildman–Crippen MR) is 71.9 cm³/mol. The first-order valence-electron chi connectivity index (χ1n) is 5.77. The summed E-state index contributed by atoms with van der Waals surface area (Å²) in [4.78, 5) is 0. The molecule has 0 aliphatic carbocycles. The summed E-state index contributed by atoms with van der Waals surface area (Å²) in [6.45, 7) is 7.44. The maximum atomic E-state index is 5.89. The van der Waals surface area contributed by atoms with E-state index < -0.39 is 0 Å². The summed E-state index contributed by atoms with van der Waals surface area (Å²) in [6, 6.07) is 8.33. The van der Waals surface area contributed by atoms with Gasteiger partial charge in [0.05, 0.1) is 6.04 Å². The van der Waals surface area contributed by atoms with E-state index in [2.05, 4.69) is 44.3 Å². The van der Waals surface area contributed by atoms with Gasteiger partial charge in [0.1, 0.15) is 0 Å². The van der Waals surface area contributed by atoms with E-state index in [0.717, 1.165) is 18.0 Å². The van der Waals surface area contributed by atoms with E-state index in [4.69, 9.17) is 11.6 Å². The van der Waals surface area contributed by atoms with Crippen LogP contribution < -0.4 is 5.32 Å². The van der Waals surface area contributed by atoms with E-state index in [1.165, 1.54) is 11.1 Å². The highest BCUT2D eigenvalue weighted by atomic mass is 35.5. The monoisotopic (exact) mass is 237 g/mol. The van der Waals surface area contributed by atoms with Crippen LogP contribution in [0.1, 0.15) is 38.8 Å². The molecule has 16 heavy (non-hydrogen) atoms. The molecule has 0 saturated heterocycles. The molecule has 0 aliphatic heterocycles. The van der Waals surface area contributed by atoms with Crippen LogP contribution in [0.15, 0.2) is 35.9 Å². The first-order valence-corrected chi connectivity index (χ1v) is 6.15. The van der Waals surface area contributed by atoms with Crippen molar-refractivity contribution in [1.29, 1.82) is 0 Å². The fraction of sp³-hybridized carbons (Fsp3) is 0.429. The summed E-state index contributed by atoms with van der Waals surface area (Å²) in [5.74, 6) is 0. The Bertz CT molecular complexity index is 336. The lowest BCUT2D eigenvalue weighted by Gasteiger charge is -2.16. The second-order valence-electron chi connectivity index (χ2n) is 4.23. The van der Waals surface area contributed by atoms with Crippen molar-refractivity contribution in [1.82, 2.24) is 5.32 Å². The third-order valence-corrected chi connectivity index (χ3v) is 2.60. The smallest absolute Gasteiger partial charge is 0.0508 e. The minimum absolute atomic E-state index is 0.294. The van der Waals surface area contributed by atoms with Crippen LogP contribution in [0.3, 0.4) is 0 Å². The highest BCUT2D eigenvalue weighted by Crippen LogP contribution is 2.18.